The number of thioether (sulfide) groups is 1. The van der Waals surface area contributed by atoms with Crippen LogP contribution in [0.2, 0.25) is 0 Å². The maximum atomic E-state index is 13.3. The number of non-ortho nitro benzene ring substituents is 1. The first-order chi connectivity index (χ1) is 9.47. The van der Waals surface area contributed by atoms with Crippen molar-refractivity contribution in [2.45, 2.75) is 17.6 Å². The summed E-state index contributed by atoms with van der Waals surface area (Å²) >= 11 is 1.43. The SMILES string of the molecule is Cc1cccc(SCc2cc(F)cc([N+](=O)[O-])c2)c1N. The van der Waals surface area contributed by atoms with Gasteiger partial charge in [-0.1, -0.05) is 12.1 Å². The van der Waals surface area contributed by atoms with Gasteiger partial charge in [-0.15, -0.1) is 11.8 Å². The minimum absolute atomic E-state index is 0.238. The van der Waals surface area contributed by atoms with Gasteiger partial charge in [-0.25, -0.2) is 4.39 Å². The van der Waals surface area contributed by atoms with Crippen molar-refractivity contribution in [3.05, 3.63) is 63.5 Å². The average molecular weight is 292 g/mol. The lowest BCUT2D eigenvalue weighted by Crippen LogP contribution is -1.94. The number of nitro benzene ring substituents is 1. The Labute approximate surface area is 119 Å². The molecule has 0 saturated carbocycles. The van der Waals surface area contributed by atoms with Crippen LogP contribution in [-0.2, 0) is 5.75 Å². The Balaban J connectivity index is 2.19. The molecule has 0 bridgehead atoms. The van der Waals surface area contributed by atoms with E-state index in [0.29, 0.717) is 17.0 Å². The van der Waals surface area contributed by atoms with Crippen molar-refractivity contribution in [1.82, 2.24) is 0 Å². The van der Waals surface area contributed by atoms with Crippen LogP contribution in [0.3, 0.4) is 0 Å². The normalized spacial score (nSPS) is 10.5. The van der Waals surface area contributed by atoms with Crippen molar-refractivity contribution in [2.75, 3.05) is 5.73 Å². The van der Waals surface area contributed by atoms with Crippen molar-refractivity contribution >= 4 is 23.1 Å². The van der Waals surface area contributed by atoms with Crippen molar-refractivity contribution < 1.29 is 9.31 Å². The monoisotopic (exact) mass is 292 g/mol. The number of aryl methyl sites for hydroxylation is 1. The zero-order valence-electron chi connectivity index (χ0n) is 10.8. The van der Waals surface area contributed by atoms with Gasteiger partial charge in [0.05, 0.1) is 11.0 Å². The highest BCUT2D eigenvalue weighted by molar-refractivity contribution is 7.98. The van der Waals surface area contributed by atoms with Gasteiger partial charge in [-0.05, 0) is 30.2 Å². The van der Waals surface area contributed by atoms with Crippen LogP contribution >= 0.6 is 11.8 Å². The molecule has 0 aliphatic carbocycles. The molecule has 0 aliphatic heterocycles. The lowest BCUT2D eigenvalue weighted by Gasteiger charge is -2.08. The summed E-state index contributed by atoms with van der Waals surface area (Å²) in [5.74, 6) is -0.182. The predicted molar refractivity (Wildman–Crippen MR) is 78.2 cm³/mol. The lowest BCUT2D eigenvalue weighted by molar-refractivity contribution is -0.385. The minimum Gasteiger partial charge on any atom is -0.398 e. The summed E-state index contributed by atoms with van der Waals surface area (Å²) in [7, 11) is 0. The Morgan fingerprint density at radius 2 is 2.10 bits per heavy atom. The number of para-hydroxylation sites is 1. The fraction of sp³-hybridized carbons (Fsp3) is 0.143. The Kier molecular flexibility index (Phi) is 4.24. The highest BCUT2D eigenvalue weighted by Gasteiger charge is 2.10. The molecule has 2 aromatic carbocycles. The van der Waals surface area contributed by atoms with Crippen LogP contribution in [0, 0.1) is 22.9 Å². The molecular weight excluding hydrogens is 279 g/mol. The molecule has 0 heterocycles. The molecule has 2 aromatic rings. The summed E-state index contributed by atoms with van der Waals surface area (Å²) in [4.78, 5) is 11.0. The summed E-state index contributed by atoms with van der Waals surface area (Å²) < 4.78 is 13.3. The van der Waals surface area contributed by atoms with Crippen LogP contribution in [0.25, 0.3) is 0 Å². The molecule has 0 fully saturated rings. The number of halogens is 1. The van der Waals surface area contributed by atoms with Crippen LogP contribution < -0.4 is 5.73 Å². The molecule has 4 nitrogen and oxygen atoms in total. The van der Waals surface area contributed by atoms with Gasteiger partial charge in [-0.3, -0.25) is 10.1 Å². The van der Waals surface area contributed by atoms with Gasteiger partial charge >= 0.3 is 0 Å². The average Bonchev–Trinajstić information content (AvgIpc) is 2.40. The van der Waals surface area contributed by atoms with Gasteiger partial charge in [0, 0.05) is 22.4 Å². The number of benzene rings is 2. The molecular formula is C14H13FN2O2S. The maximum absolute atomic E-state index is 13.3. The van der Waals surface area contributed by atoms with Crippen LogP contribution in [-0.4, -0.2) is 4.92 Å². The number of nitrogens with zero attached hydrogens (tertiary/aromatic N) is 1. The molecule has 0 aromatic heterocycles. The summed E-state index contributed by atoms with van der Waals surface area (Å²) in [6, 6.07) is 9.26. The van der Waals surface area contributed by atoms with Gasteiger partial charge in [0.25, 0.3) is 5.69 Å². The van der Waals surface area contributed by atoms with E-state index in [0.717, 1.165) is 16.5 Å². The third-order valence-corrected chi connectivity index (χ3v) is 3.98. The molecule has 0 spiro atoms. The second kappa shape index (κ2) is 5.92. The van der Waals surface area contributed by atoms with Gasteiger partial charge < -0.3 is 5.73 Å². The molecule has 0 aliphatic rings. The summed E-state index contributed by atoms with van der Waals surface area (Å²) in [6.45, 7) is 1.91. The number of rotatable bonds is 4. The van der Waals surface area contributed by atoms with E-state index in [1.54, 1.807) is 0 Å². The first-order valence-electron chi connectivity index (χ1n) is 5.89. The standard InChI is InChI=1S/C14H13FN2O2S/c1-9-3-2-4-13(14(9)16)20-8-10-5-11(15)7-12(6-10)17(18)19/h2-7H,8,16H2,1H3. The first kappa shape index (κ1) is 14.3. The summed E-state index contributed by atoms with van der Waals surface area (Å²) in [6.07, 6.45) is 0. The van der Waals surface area contributed by atoms with Crippen LogP contribution in [0.5, 0.6) is 0 Å². The van der Waals surface area contributed by atoms with Gasteiger partial charge in [-0.2, -0.15) is 0 Å². The fourth-order valence-corrected chi connectivity index (χ4v) is 2.74. The second-order valence-electron chi connectivity index (χ2n) is 4.35. The van der Waals surface area contributed by atoms with E-state index in [9.17, 15) is 14.5 Å². The second-order valence-corrected chi connectivity index (χ2v) is 5.37. The molecule has 0 atom stereocenters. The van der Waals surface area contributed by atoms with Gasteiger partial charge in [0.15, 0.2) is 0 Å². The molecule has 0 saturated heterocycles. The summed E-state index contributed by atoms with van der Waals surface area (Å²) in [5, 5.41) is 10.7. The Morgan fingerprint density at radius 3 is 2.80 bits per heavy atom. The van der Waals surface area contributed by atoms with Gasteiger partial charge in [0.2, 0.25) is 0 Å². The number of nitro groups is 1. The van der Waals surface area contributed by atoms with Crippen molar-refractivity contribution in [3.8, 4) is 0 Å². The third-order valence-electron chi connectivity index (χ3n) is 2.83. The highest BCUT2D eigenvalue weighted by atomic mass is 32.2. The molecule has 2 N–H and O–H groups in total. The van der Waals surface area contributed by atoms with Crippen molar-refractivity contribution in [2.24, 2.45) is 0 Å². The minimum atomic E-state index is -0.605. The van der Waals surface area contributed by atoms with E-state index >= 15 is 0 Å². The highest BCUT2D eigenvalue weighted by Crippen LogP contribution is 2.31. The van der Waals surface area contributed by atoms with Crippen molar-refractivity contribution in [3.63, 3.8) is 0 Å². The van der Waals surface area contributed by atoms with Crippen LogP contribution in [0.1, 0.15) is 11.1 Å². The zero-order valence-corrected chi connectivity index (χ0v) is 11.6. The van der Waals surface area contributed by atoms with E-state index in [1.165, 1.54) is 23.9 Å². The fourth-order valence-electron chi connectivity index (χ4n) is 1.76. The quantitative estimate of drug-likeness (QED) is 0.401. The van der Waals surface area contributed by atoms with E-state index in [1.807, 2.05) is 25.1 Å². The number of nitrogens with two attached hydrogens (primary N) is 1. The predicted octanol–water partition coefficient (Wildman–Crippen LogP) is 3.92. The maximum Gasteiger partial charge on any atom is 0.272 e. The van der Waals surface area contributed by atoms with E-state index in [-0.39, 0.29) is 5.69 Å². The van der Waals surface area contributed by atoms with Crippen molar-refractivity contribution in [1.29, 1.82) is 0 Å². The summed E-state index contributed by atoms with van der Waals surface area (Å²) in [5.41, 5.74) is 7.93. The Morgan fingerprint density at radius 1 is 1.35 bits per heavy atom. The molecule has 2 rings (SSSR count). The molecule has 0 radical (unpaired) electrons. The molecule has 104 valence electrons. The number of hydrogen-bond donors (Lipinski definition) is 1. The number of nitrogen functional groups attached to an aromatic ring is 1. The first-order valence-corrected chi connectivity index (χ1v) is 6.87. The van der Waals surface area contributed by atoms with E-state index < -0.39 is 10.7 Å². The Bertz CT molecular complexity index is 662. The van der Waals surface area contributed by atoms with Crippen LogP contribution in [0.4, 0.5) is 15.8 Å². The molecule has 20 heavy (non-hydrogen) atoms. The largest absolute Gasteiger partial charge is 0.398 e. The van der Waals surface area contributed by atoms with E-state index in [4.69, 9.17) is 5.73 Å². The molecule has 6 heteroatoms. The molecule has 0 unspecified atom stereocenters. The smallest absolute Gasteiger partial charge is 0.272 e. The third kappa shape index (κ3) is 3.27. The molecule has 0 amide bonds. The van der Waals surface area contributed by atoms with Crippen LogP contribution in [0.15, 0.2) is 41.3 Å². The lowest BCUT2D eigenvalue weighted by atomic mass is 10.2. The van der Waals surface area contributed by atoms with E-state index in [2.05, 4.69) is 0 Å². The topological polar surface area (TPSA) is 69.2 Å². The zero-order chi connectivity index (χ0) is 14.7. The van der Waals surface area contributed by atoms with Gasteiger partial charge in [0.1, 0.15) is 5.82 Å². The number of hydrogen-bond acceptors (Lipinski definition) is 4. The number of anilines is 1. The Hall–Kier alpha value is -2.08.